The van der Waals surface area contributed by atoms with E-state index in [4.69, 9.17) is 9.05 Å². The van der Waals surface area contributed by atoms with E-state index in [1.54, 1.807) is 19.9 Å². The SMILES string of the molecule is CCOP(=O)(/C=C/c1ccc(C(C)(C)C)cc1)OCC. The van der Waals surface area contributed by atoms with Gasteiger partial charge in [-0.1, -0.05) is 45.0 Å². The maximum Gasteiger partial charge on any atom is 0.354 e. The van der Waals surface area contributed by atoms with Gasteiger partial charge in [-0.25, -0.2) is 0 Å². The van der Waals surface area contributed by atoms with Crippen LogP contribution in [-0.2, 0) is 19.0 Å². The summed E-state index contributed by atoms with van der Waals surface area (Å²) in [5, 5.41) is 0. The molecule has 0 aliphatic heterocycles. The monoisotopic (exact) mass is 296 g/mol. The Balaban J connectivity index is 2.86. The summed E-state index contributed by atoms with van der Waals surface area (Å²) in [4.78, 5) is 0. The Bertz CT molecular complexity index is 473. The van der Waals surface area contributed by atoms with Crippen molar-refractivity contribution in [2.24, 2.45) is 0 Å². The molecule has 112 valence electrons. The molecule has 0 radical (unpaired) electrons. The Kier molecular flexibility index (Phi) is 6.19. The molecular formula is C16H25O3P. The van der Waals surface area contributed by atoms with Gasteiger partial charge in [0.1, 0.15) is 0 Å². The Hall–Kier alpha value is -0.890. The van der Waals surface area contributed by atoms with E-state index in [2.05, 4.69) is 32.9 Å². The first-order valence-electron chi connectivity index (χ1n) is 6.99. The van der Waals surface area contributed by atoms with Crippen LogP contribution in [0.2, 0.25) is 0 Å². The first-order valence-corrected chi connectivity index (χ1v) is 8.60. The van der Waals surface area contributed by atoms with Crippen molar-refractivity contribution in [2.45, 2.75) is 40.0 Å². The molecule has 0 spiro atoms. The average Bonchev–Trinajstić information content (AvgIpc) is 2.37. The molecule has 1 aromatic rings. The second-order valence-electron chi connectivity index (χ2n) is 5.56. The van der Waals surface area contributed by atoms with Crippen molar-refractivity contribution in [1.82, 2.24) is 0 Å². The molecule has 0 fully saturated rings. The van der Waals surface area contributed by atoms with Gasteiger partial charge < -0.3 is 9.05 Å². The van der Waals surface area contributed by atoms with Crippen LogP contribution in [0.15, 0.2) is 30.1 Å². The standard InChI is InChI=1S/C16H25O3P/c1-6-18-20(17,19-7-2)13-12-14-8-10-15(11-9-14)16(3,4)5/h8-13H,6-7H2,1-5H3/b13-12+. The lowest BCUT2D eigenvalue weighted by Gasteiger charge is -2.18. The third-order valence-corrected chi connectivity index (χ3v) is 4.59. The predicted octanol–water partition coefficient (Wildman–Crippen LogP) is 5.22. The van der Waals surface area contributed by atoms with E-state index in [0.717, 1.165) is 5.56 Å². The summed E-state index contributed by atoms with van der Waals surface area (Å²) in [6.45, 7) is 10.9. The average molecular weight is 296 g/mol. The molecule has 0 bridgehead atoms. The van der Waals surface area contributed by atoms with E-state index in [0.29, 0.717) is 13.2 Å². The topological polar surface area (TPSA) is 35.5 Å². The van der Waals surface area contributed by atoms with Crippen LogP contribution in [0.5, 0.6) is 0 Å². The van der Waals surface area contributed by atoms with Crippen molar-refractivity contribution >= 4 is 13.7 Å². The third-order valence-electron chi connectivity index (χ3n) is 2.84. The zero-order valence-corrected chi connectivity index (χ0v) is 13.9. The third kappa shape index (κ3) is 5.24. The largest absolute Gasteiger partial charge is 0.354 e. The fraction of sp³-hybridized carbons (Fsp3) is 0.500. The zero-order valence-electron chi connectivity index (χ0n) is 13.1. The van der Waals surface area contributed by atoms with E-state index in [9.17, 15) is 4.57 Å². The molecule has 0 heterocycles. The van der Waals surface area contributed by atoms with Gasteiger partial charge in [-0.3, -0.25) is 4.57 Å². The Morgan fingerprint density at radius 3 is 1.95 bits per heavy atom. The first kappa shape index (κ1) is 17.2. The fourth-order valence-corrected chi connectivity index (χ4v) is 3.08. The van der Waals surface area contributed by atoms with Gasteiger partial charge in [-0.2, -0.15) is 0 Å². The highest BCUT2D eigenvalue weighted by Crippen LogP contribution is 2.50. The number of hydrogen-bond donors (Lipinski definition) is 0. The lowest BCUT2D eigenvalue weighted by molar-refractivity contribution is 0.229. The van der Waals surface area contributed by atoms with Crippen LogP contribution in [0, 0.1) is 0 Å². The van der Waals surface area contributed by atoms with Crippen molar-refractivity contribution in [3.05, 3.63) is 41.2 Å². The van der Waals surface area contributed by atoms with E-state index in [1.807, 2.05) is 12.1 Å². The summed E-state index contributed by atoms with van der Waals surface area (Å²) >= 11 is 0. The quantitative estimate of drug-likeness (QED) is 0.675. The molecule has 0 atom stereocenters. The van der Waals surface area contributed by atoms with Gasteiger partial charge >= 0.3 is 7.60 Å². The Morgan fingerprint density at radius 2 is 1.55 bits per heavy atom. The molecule has 0 unspecified atom stereocenters. The molecule has 1 aromatic carbocycles. The lowest BCUT2D eigenvalue weighted by atomic mass is 9.87. The summed E-state index contributed by atoms with van der Waals surface area (Å²) in [5.74, 6) is 1.53. The first-order chi connectivity index (χ1) is 9.30. The minimum Gasteiger partial charge on any atom is -0.306 e. The maximum atomic E-state index is 12.3. The van der Waals surface area contributed by atoms with Gasteiger partial charge in [0.05, 0.1) is 13.2 Å². The van der Waals surface area contributed by atoms with Gasteiger partial charge in [0.2, 0.25) is 0 Å². The van der Waals surface area contributed by atoms with Gasteiger partial charge in [0, 0.05) is 5.82 Å². The number of hydrogen-bond acceptors (Lipinski definition) is 3. The summed E-state index contributed by atoms with van der Waals surface area (Å²) in [5.41, 5.74) is 2.39. The molecule has 3 nitrogen and oxygen atoms in total. The van der Waals surface area contributed by atoms with Crippen LogP contribution < -0.4 is 0 Å². The van der Waals surface area contributed by atoms with Crippen LogP contribution in [0.3, 0.4) is 0 Å². The van der Waals surface area contributed by atoms with Crippen molar-refractivity contribution in [2.75, 3.05) is 13.2 Å². The van der Waals surface area contributed by atoms with E-state index < -0.39 is 7.60 Å². The zero-order chi connectivity index (χ0) is 15.2. The maximum absolute atomic E-state index is 12.3. The lowest BCUT2D eigenvalue weighted by Crippen LogP contribution is -2.10. The van der Waals surface area contributed by atoms with Crippen LogP contribution in [0.25, 0.3) is 6.08 Å². The number of rotatable bonds is 6. The van der Waals surface area contributed by atoms with E-state index >= 15 is 0 Å². The summed E-state index contributed by atoms with van der Waals surface area (Å²) in [6, 6.07) is 8.20. The smallest absolute Gasteiger partial charge is 0.306 e. The van der Waals surface area contributed by atoms with Gasteiger partial charge in [0.15, 0.2) is 0 Å². The van der Waals surface area contributed by atoms with Crippen LogP contribution in [0.1, 0.15) is 45.7 Å². The summed E-state index contributed by atoms with van der Waals surface area (Å²) in [6.07, 6.45) is 1.79. The van der Waals surface area contributed by atoms with Crippen LogP contribution in [0.4, 0.5) is 0 Å². The second kappa shape index (κ2) is 7.21. The van der Waals surface area contributed by atoms with Crippen molar-refractivity contribution in [1.29, 1.82) is 0 Å². The van der Waals surface area contributed by atoms with Crippen molar-refractivity contribution < 1.29 is 13.6 Å². The highest BCUT2D eigenvalue weighted by Gasteiger charge is 2.18. The minimum atomic E-state index is -3.11. The highest BCUT2D eigenvalue weighted by atomic mass is 31.2. The predicted molar refractivity (Wildman–Crippen MR) is 85.0 cm³/mol. The van der Waals surface area contributed by atoms with Gasteiger partial charge in [-0.15, -0.1) is 0 Å². The van der Waals surface area contributed by atoms with Crippen LogP contribution in [-0.4, -0.2) is 13.2 Å². The van der Waals surface area contributed by atoms with Gasteiger partial charge in [-0.05, 0) is 36.5 Å². The van der Waals surface area contributed by atoms with Crippen molar-refractivity contribution in [3.8, 4) is 0 Å². The molecule has 0 aromatic heterocycles. The van der Waals surface area contributed by atoms with Crippen molar-refractivity contribution in [3.63, 3.8) is 0 Å². The van der Waals surface area contributed by atoms with E-state index in [-0.39, 0.29) is 5.41 Å². The molecule has 0 aliphatic carbocycles. The molecular weight excluding hydrogens is 271 g/mol. The fourth-order valence-electron chi connectivity index (χ4n) is 1.75. The summed E-state index contributed by atoms with van der Waals surface area (Å²) in [7, 11) is -3.11. The molecule has 0 amide bonds. The Morgan fingerprint density at radius 1 is 1.05 bits per heavy atom. The second-order valence-corrected chi connectivity index (χ2v) is 7.46. The van der Waals surface area contributed by atoms with Gasteiger partial charge in [0.25, 0.3) is 0 Å². The molecule has 1 rings (SSSR count). The molecule has 20 heavy (non-hydrogen) atoms. The molecule has 0 saturated heterocycles. The molecule has 4 heteroatoms. The molecule has 0 saturated carbocycles. The van der Waals surface area contributed by atoms with E-state index in [1.165, 1.54) is 11.4 Å². The Labute approximate surface area is 122 Å². The minimum absolute atomic E-state index is 0.133. The molecule has 0 aliphatic rings. The summed E-state index contributed by atoms with van der Waals surface area (Å²) < 4.78 is 22.7. The molecule has 0 N–H and O–H groups in total. The normalized spacial score (nSPS) is 13.1. The highest BCUT2D eigenvalue weighted by molar-refractivity contribution is 7.57. The van der Waals surface area contributed by atoms with Crippen LogP contribution >= 0.6 is 7.60 Å². The number of benzene rings is 1.